The van der Waals surface area contributed by atoms with Gasteiger partial charge in [0.2, 0.25) is 0 Å². The van der Waals surface area contributed by atoms with Crippen LogP contribution in [0.15, 0.2) is 38.6 Å². The van der Waals surface area contributed by atoms with Gasteiger partial charge < -0.3 is 5.32 Å². The number of nitro groups is 1. The average molecular weight is 392 g/mol. The normalized spacial score (nSPS) is 10.3. The van der Waals surface area contributed by atoms with Crippen molar-refractivity contribution in [3.63, 3.8) is 0 Å². The van der Waals surface area contributed by atoms with Crippen molar-refractivity contribution in [2.24, 2.45) is 0 Å². The van der Waals surface area contributed by atoms with E-state index in [9.17, 15) is 10.1 Å². The number of hydrogen-bond donors (Lipinski definition) is 1. The van der Waals surface area contributed by atoms with Gasteiger partial charge in [0.05, 0.1) is 15.9 Å². The van der Waals surface area contributed by atoms with E-state index in [1.54, 1.807) is 23.5 Å². The van der Waals surface area contributed by atoms with E-state index in [1.807, 2.05) is 11.4 Å². The van der Waals surface area contributed by atoms with Crippen molar-refractivity contribution in [1.29, 1.82) is 0 Å². The molecule has 1 aromatic heterocycles. The Morgan fingerprint density at radius 1 is 1.28 bits per heavy atom. The molecule has 0 bridgehead atoms. The van der Waals surface area contributed by atoms with Gasteiger partial charge in [-0.2, -0.15) is 0 Å². The molecule has 94 valence electrons. The summed E-state index contributed by atoms with van der Waals surface area (Å²) in [5.41, 5.74) is 0.787. The van der Waals surface area contributed by atoms with Crippen LogP contribution < -0.4 is 5.32 Å². The molecule has 4 nitrogen and oxygen atoms in total. The maximum Gasteiger partial charge on any atom is 0.285 e. The third kappa shape index (κ3) is 3.09. The van der Waals surface area contributed by atoms with Crippen LogP contribution in [0.2, 0.25) is 0 Å². The first-order valence-corrected chi connectivity index (χ1v) is 7.44. The number of nitro benzene ring substituents is 1. The van der Waals surface area contributed by atoms with E-state index < -0.39 is 4.92 Å². The predicted molar refractivity (Wildman–Crippen MR) is 80.1 cm³/mol. The number of halogens is 2. The second-order valence-electron chi connectivity index (χ2n) is 3.47. The Bertz CT molecular complexity index is 586. The fraction of sp³-hybridized carbons (Fsp3) is 0.0909. The van der Waals surface area contributed by atoms with E-state index in [0.717, 1.165) is 15.0 Å². The summed E-state index contributed by atoms with van der Waals surface area (Å²) in [5.74, 6) is 0. The number of hydrogen-bond acceptors (Lipinski definition) is 4. The summed E-state index contributed by atoms with van der Waals surface area (Å²) in [5, 5.41) is 16.0. The number of nitrogens with one attached hydrogen (secondary N) is 1. The van der Waals surface area contributed by atoms with Gasteiger partial charge in [-0.15, -0.1) is 11.3 Å². The van der Waals surface area contributed by atoms with E-state index in [2.05, 4.69) is 37.2 Å². The largest absolute Gasteiger partial charge is 0.380 e. The van der Waals surface area contributed by atoms with Gasteiger partial charge in [-0.05, 0) is 55.4 Å². The van der Waals surface area contributed by atoms with Crippen LogP contribution in [0.3, 0.4) is 0 Å². The highest BCUT2D eigenvalue weighted by molar-refractivity contribution is 9.11. The molecule has 0 aliphatic rings. The Kier molecular flexibility index (Phi) is 4.36. The number of rotatable bonds is 4. The summed E-state index contributed by atoms with van der Waals surface area (Å²) in [7, 11) is 0. The Labute approximate surface area is 124 Å². The first-order valence-electron chi connectivity index (χ1n) is 4.97. The standard InChI is InChI=1S/C11H8Br2N2O2S/c12-8-2-1-7(5-10(8)15(16)17)14-6-11-9(13)3-4-18-11/h1-5,14H,6H2. The van der Waals surface area contributed by atoms with E-state index in [1.165, 1.54) is 6.07 Å². The molecule has 1 N–H and O–H groups in total. The van der Waals surface area contributed by atoms with Crippen LogP contribution in [0.5, 0.6) is 0 Å². The molecule has 0 unspecified atom stereocenters. The molecular formula is C11H8Br2N2O2S. The Morgan fingerprint density at radius 2 is 2.06 bits per heavy atom. The maximum absolute atomic E-state index is 10.8. The highest BCUT2D eigenvalue weighted by atomic mass is 79.9. The van der Waals surface area contributed by atoms with Gasteiger partial charge in [-0.3, -0.25) is 10.1 Å². The number of anilines is 1. The molecule has 0 saturated heterocycles. The first-order chi connectivity index (χ1) is 8.58. The van der Waals surface area contributed by atoms with Gasteiger partial charge in [-0.1, -0.05) is 0 Å². The third-order valence-electron chi connectivity index (χ3n) is 2.29. The zero-order valence-electron chi connectivity index (χ0n) is 9.02. The van der Waals surface area contributed by atoms with E-state index >= 15 is 0 Å². The van der Waals surface area contributed by atoms with Crippen LogP contribution in [0.1, 0.15) is 4.88 Å². The molecule has 0 amide bonds. The van der Waals surface area contributed by atoms with E-state index in [-0.39, 0.29) is 5.69 Å². The fourth-order valence-electron chi connectivity index (χ4n) is 1.40. The van der Waals surface area contributed by atoms with Crippen molar-refractivity contribution < 1.29 is 4.92 Å². The molecule has 7 heteroatoms. The van der Waals surface area contributed by atoms with Crippen molar-refractivity contribution in [3.05, 3.63) is 53.6 Å². The third-order valence-corrected chi connectivity index (χ3v) is 4.88. The smallest absolute Gasteiger partial charge is 0.285 e. The van der Waals surface area contributed by atoms with Crippen molar-refractivity contribution >= 4 is 54.6 Å². The van der Waals surface area contributed by atoms with E-state index in [4.69, 9.17) is 0 Å². The minimum atomic E-state index is -0.406. The quantitative estimate of drug-likeness (QED) is 0.601. The molecular weight excluding hydrogens is 384 g/mol. The Morgan fingerprint density at radius 3 is 2.67 bits per heavy atom. The summed E-state index contributed by atoms with van der Waals surface area (Å²) in [6.45, 7) is 0.636. The molecule has 1 heterocycles. The number of benzene rings is 1. The van der Waals surface area contributed by atoms with Gasteiger partial charge in [0.1, 0.15) is 0 Å². The predicted octanol–water partition coefficient (Wildman–Crippen LogP) is 4.79. The van der Waals surface area contributed by atoms with Crippen LogP contribution in [-0.2, 0) is 6.54 Å². The van der Waals surface area contributed by atoms with Crippen LogP contribution in [0, 0.1) is 10.1 Å². The van der Waals surface area contributed by atoms with Gasteiger partial charge in [0.15, 0.2) is 0 Å². The van der Waals surface area contributed by atoms with Crippen molar-refractivity contribution in [2.45, 2.75) is 6.54 Å². The molecule has 0 saturated carbocycles. The van der Waals surface area contributed by atoms with Crippen LogP contribution in [0.4, 0.5) is 11.4 Å². The molecule has 0 aliphatic heterocycles. The van der Waals surface area contributed by atoms with Gasteiger partial charge in [-0.25, -0.2) is 0 Å². The molecule has 2 rings (SSSR count). The summed E-state index contributed by atoms with van der Waals surface area (Å²) in [6.07, 6.45) is 0. The zero-order valence-corrected chi connectivity index (χ0v) is 13.0. The lowest BCUT2D eigenvalue weighted by atomic mass is 10.3. The summed E-state index contributed by atoms with van der Waals surface area (Å²) in [4.78, 5) is 11.6. The minimum absolute atomic E-state index is 0.0604. The minimum Gasteiger partial charge on any atom is -0.380 e. The molecule has 0 fully saturated rings. The molecule has 0 radical (unpaired) electrons. The molecule has 0 spiro atoms. The number of nitrogens with zero attached hydrogens (tertiary/aromatic N) is 1. The SMILES string of the molecule is O=[N+]([O-])c1cc(NCc2sccc2Br)ccc1Br. The van der Waals surface area contributed by atoms with Crippen LogP contribution in [-0.4, -0.2) is 4.92 Å². The fourth-order valence-corrected chi connectivity index (χ4v) is 3.22. The lowest BCUT2D eigenvalue weighted by Crippen LogP contribution is -1.99. The topological polar surface area (TPSA) is 55.2 Å². The van der Waals surface area contributed by atoms with Gasteiger partial charge >= 0.3 is 0 Å². The molecule has 0 aliphatic carbocycles. The summed E-state index contributed by atoms with van der Waals surface area (Å²) in [6, 6.07) is 6.97. The maximum atomic E-state index is 10.8. The van der Waals surface area contributed by atoms with Crippen LogP contribution >= 0.6 is 43.2 Å². The average Bonchev–Trinajstić information content (AvgIpc) is 2.73. The van der Waals surface area contributed by atoms with Crippen LogP contribution in [0.25, 0.3) is 0 Å². The molecule has 18 heavy (non-hydrogen) atoms. The monoisotopic (exact) mass is 390 g/mol. The van der Waals surface area contributed by atoms with Crippen molar-refractivity contribution in [3.8, 4) is 0 Å². The second-order valence-corrected chi connectivity index (χ2v) is 6.18. The van der Waals surface area contributed by atoms with E-state index in [0.29, 0.717) is 11.0 Å². The molecule has 2 aromatic rings. The van der Waals surface area contributed by atoms with Crippen molar-refractivity contribution in [1.82, 2.24) is 0 Å². The lowest BCUT2D eigenvalue weighted by Gasteiger charge is -2.06. The molecule has 0 atom stereocenters. The summed E-state index contributed by atoms with van der Waals surface area (Å²) < 4.78 is 1.53. The van der Waals surface area contributed by atoms with Gasteiger partial charge in [0.25, 0.3) is 5.69 Å². The first kappa shape index (κ1) is 13.5. The van der Waals surface area contributed by atoms with Crippen molar-refractivity contribution in [2.75, 3.05) is 5.32 Å². The lowest BCUT2D eigenvalue weighted by molar-refractivity contribution is -0.385. The number of thiophene rings is 1. The highest BCUT2D eigenvalue weighted by Crippen LogP contribution is 2.29. The Balaban J connectivity index is 2.13. The Hall–Kier alpha value is -0.920. The molecule has 1 aromatic carbocycles. The highest BCUT2D eigenvalue weighted by Gasteiger charge is 2.12. The van der Waals surface area contributed by atoms with Gasteiger partial charge in [0, 0.05) is 21.1 Å². The summed E-state index contributed by atoms with van der Waals surface area (Å²) >= 11 is 8.23. The second kappa shape index (κ2) is 5.81. The zero-order chi connectivity index (χ0) is 13.1.